The molecule has 0 unspecified atom stereocenters. The van der Waals surface area contributed by atoms with E-state index in [1.807, 2.05) is 73.9 Å². The number of nitrogens with zero attached hydrogens (tertiary/aromatic N) is 1. The van der Waals surface area contributed by atoms with Gasteiger partial charge in [0.25, 0.3) is 0 Å². The number of allylic oxidation sites excluding steroid dienone is 3. The summed E-state index contributed by atoms with van der Waals surface area (Å²) < 4.78 is 25.7. The van der Waals surface area contributed by atoms with E-state index in [4.69, 9.17) is 9.47 Å². The molecule has 0 atom stereocenters. The van der Waals surface area contributed by atoms with Crippen LogP contribution in [-0.4, -0.2) is 23.7 Å². The lowest BCUT2D eigenvalue weighted by Crippen LogP contribution is -2.00. The summed E-state index contributed by atoms with van der Waals surface area (Å²) >= 11 is 0. The Morgan fingerprint density at radius 3 is 2.73 bits per heavy atom. The number of nitrogens with one attached hydrogen (secondary N) is 1. The van der Waals surface area contributed by atoms with Gasteiger partial charge in [-0.25, -0.2) is 9.37 Å². The fourth-order valence-electron chi connectivity index (χ4n) is 3.57. The molecule has 0 saturated carbocycles. The van der Waals surface area contributed by atoms with Crippen molar-refractivity contribution in [2.24, 2.45) is 0 Å². The maximum absolute atomic E-state index is 14.5. The van der Waals surface area contributed by atoms with Crippen molar-refractivity contribution < 1.29 is 13.9 Å². The maximum Gasteiger partial charge on any atom is 0.137 e. The minimum atomic E-state index is -0.369. The molecule has 166 valence electrons. The van der Waals surface area contributed by atoms with Gasteiger partial charge in [0.2, 0.25) is 0 Å². The van der Waals surface area contributed by atoms with E-state index < -0.39 is 0 Å². The Bertz CT molecular complexity index is 1350. The van der Waals surface area contributed by atoms with Gasteiger partial charge < -0.3 is 14.5 Å². The smallest absolute Gasteiger partial charge is 0.137 e. The number of H-pyrrole nitrogens is 1. The van der Waals surface area contributed by atoms with Crippen LogP contribution in [0.5, 0.6) is 11.5 Å². The zero-order chi connectivity index (χ0) is 23.2. The van der Waals surface area contributed by atoms with Crippen LogP contribution in [0.25, 0.3) is 33.3 Å². The van der Waals surface area contributed by atoms with Crippen molar-refractivity contribution in [3.63, 3.8) is 0 Å². The van der Waals surface area contributed by atoms with Crippen LogP contribution in [0, 0.1) is 5.82 Å². The maximum atomic E-state index is 14.5. The SMILES string of the molecule is C=C/C(=C\C=C/C)COc1cc(F)cc(-c2c[nH]c3ncc(-c4cccc(OC)c4)cc23)c1. The van der Waals surface area contributed by atoms with Crippen LogP contribution in [0.1, 0.15) is 6.92 Å². The second-order valence-corrected chi connectivity index (χ2v) is 7.49. The summed E-state index contributed by atoms with van der Waals surface area (Å²) in [5.41, 5.74) is 5.12. The average Bonchev–Trinajstić information content (AvgIpc) is 3.27. The molecule has 0 aliphatic rings. The third-order valence-corrected chi connectivity index (χ3v) is 5.29. The molecule has 0 amide bonds. The number of halogens is 1. The molecule has 2 heterocycles. The molecule has 2 aromatic heterocycles. The van der Waals surface area contributed by atoms with Gasteiger partial charge in [-0.3, -0.25) is 0 Å². The van der Waals surface area contributed by atoms with Crippen molar-refractivity contribution >= 4 is 11.0 Å². The number of hydrogen-bond donors (Lipinski definition) is 1. The van der Waals surface area contributed by atoms with Gasteiger partial charge >= 0.3 is 0 Å². The molecular weight excluding hydrogens is 415 g/mol. The highest BCUT2D eigenvalue weighted by atomic mass is 19.1. The first kappa shape index (κ1) is 22.1. The van der Waals surface area contributed by atoms with Crippen molar-refractivity contribution in [1.82, 2.24) is 9.97 Å². The van der Waals surface area contributed by atoms with E-state index >= 15 is 0 Å². The summed E-state index contributed by atoms with van der Waals surface area (Å²) in [6.07, 6.45) is 11.1. The highest BCUT2D eigenvalue weighted by Crippen LogP contribution is 2.34. The molecule has 0 aliphatic heterocycles. The molecule has 5 heteroatoms. The predicted octanol–water partition coefficient (Wildman–Crippen LogP) is 7.11. The molecule has 0 saturated heterocycles. The summed E-state index contributed by atoms with van der Waals surface area (Å²) in [5, 5.41) is 0.895. The Morgan fingerprint density at radius 2 is 1.94 bits per heavy atom. The third-order valence-electron chi connectivity index (χ3n) is 5.29. The van der Waals surface area contributed by atoms with Crippen LogP contribution in [0.3, 0.4) is 0 Å². The van der Waals surface area contributed by atoms with Crippen LogP contribution in [0.2, 0.25) is 0 Å². The Hall–Kier alpha value is -4.12. The zero-order valence-corrected chi connectivity index (χ0v) is 18.6. The zero-order valence-electron chi connectivity index (χ0n) is 18.6. The van der Waals surface area contributed by atoms with E-state index in [-0.39, 0.29) is 5.82 Å². The van der Waals surface area contributed by atoms with E-state index in [2.05, 4.69) is 16.5 Å². The van der Waals surface area contributed by atoms with Crippen molar-refractivity contribution in [1.29, 1.82) is 0 Å². The van der Waals surface area contributed by atoms with Gasteiger partial charge in [-0.1, -0.05) is 43.0 Å². The minimum absolute atomic E-state index is 0.298. The number of hydrogen-bond acceptors (Lipinski definition) is 3. The van der Waals surface area contributed by atoms with Gasteiger partial charge in [0.05, 0.1) is 7.11 Å². The molecule has 33 heavy (non-hydrogen) atoms. The van der Waals surface area contributed by atoms with E-state index in [9.17, 15) is 4.39 Å². The van der Waals surface area contributed by atoms with Gasteiger partial charge in [0.15, 0.2) is 0 Å². The number of rotatable bonds is 8. The molecule has 4 rings (SSSR count). The standard InChI is InChI=1S/C28H25FN2O2/c1-4-6-8-19(5-2)18-33-25-13-21(11-23(29)15-25)27-17-31-28-26(27)14-22(16-30-28)20-9-7-10-24(12-20)32-3/h4-17H,2,18H2,1,3H3,(H,30,31)/b6-4-,19-8+. The van der Waals surface area contributed by atoms with Gasteiger partial charge in [0.1, 0.15) is 29.6 Å². The summed E-state index contributed by atoms with van der Waals surface area (Å²) in [6, 6.07) is 14.6. The number of aromatic nitrogens is 2. The molecular formula is C28H25FN2O2. The van der Waals surface area contributed by atoms with Crippen molar-refractivity contribution in [3.05, 3.63) is 103 Å². The molecule has 4 nitrogen and oxygen atoms in total. The Labute approximate surface area is 192 Å². The first-order chi connectivity index (χ1) is 16.1. The van der Waals surface area contributed by atoms with Gasteiger partial charge in [-0.05, 0) is 54.0 Å². The van der Waals surface area contributed by atoms with Crippen LogP contribution < -0.4 is 9.47 Å². The third kappa shape index (κ3) is 5.04. The van der Waals surface area contributed by atoms with E-state index in [0.717, 1.165) is 39.0 Å². The largest absolute Gasteiger partial charge is 0.497 e. The molecule has 0 aliphatic carbocycles. The number of aromatic amines is 1. The summed E-state index contributed by atoms with van der Waals surface area (Å²) in [5.74, 6) is 0.854. The lowest BCUT2D eigenvalue weighted by atomic mass is 10.0. The van der Waals surface area contributed by atoms with Crippen LogP contribution in [0.15, 0.2) is 97.4 Å². The van der Waals surface area contributed by atoms with E-state index in [1.165, 1.54) is 12.1 Å². The van der Waals surface area contributed by atoms with Gasteiger partial charge in [0, 0.05) is 35.0 Å². The quantitative estimate of drug-likeness (QED) is 0.297. The molecule has 0 fully saturated rings. The number of ether oxygens (including phenoxy) is 2. The average molecular weight is 441 g/mol. The monoisotopic (exact) mass is 440 g/mol. The summed E-state index contributed by atoms with van der Waals surface area (Å²) in [4.78, 5) is 7.74. The van der Waals surface area contributed by atoms with Crippen LogP contribution >= 0.6 is 0 Å². The summed E-state index contributed by atoms with van der Waals surface area (Å²) in [6.45, 7) is 6.04. The normalized spacial score (nSPS) is 11.8. The minimum Gasteiger partial charge on any atom is -0.497 e. The van der Waals surface area contributed by atoms with E-state index in [1.54, 1.807) is 13.2 Å². The molecule has 2 aromatic carbocycles. The topological polar surface area (TPSA) is 47.1 Å². The molecule has 0 bridgehead atoms. The van der Waals surface area contributed by atoms with Crippen LogP contribution in [-0.2, 0) is 0 Å². The van der Waals surface area contributed by atoms with Crippen molar-refractivity contribution in [3.8, 4) is 33.8 Å². The highest BCUT2D eigenvalue weighted by Gasteiger charge is 2.12. The van der Waals surface area contributed by atoms with Crippen LogP contribution in [0.4, 0.5) is 4.39 Å². The number of fused-ring (bicyclic) bond motifs is 1. The Kier molecular flexibility index (Phi) is 6.69. The number of methoxy groups -OCH3 is 1. The lowest BCUT2D eigenvalue weighted by molar-refractivity contribution is 0.353. The van der Waals surface area contributed by atoms with Gasteiger partial charge in [-0.2, -0.15) is 0 Å². The first-order valence-electron chi connectivity index (χ1n) is 10.6. The highest BCUT2D eigenvalue weighted by molar-refractivity contribution is 5.96. The number of benzene rings is 2. The predicted molar refractivity (Wildman–Crippen MR) is 132 cm³/mol. The van der Waals surface area contributed by atoms with Crippen molar-refractivity contribution in [2.75, 3.05) is 13.7 Å². The molecule has 4 aromatic rings. The Balaban J connectivity index is 1.69. The van der Waals surface area contributed by atoms with E-state index in [0.29, 0.717) is 17.9 Å². The Morgan fingerprint density at radius 1 is 1.09 bits per heavy atom. The second kappa shape index (κ2) is 10.0. The summed E-state index contributed by atoms with van der Waals surface area (Å²) in [7, 11) is 1.64. The molecule has 0 radical (unpaired) electrons. The second-order valence-electron chi connectivity index (χ2n) is 7.49. The van der Waals surface area contributed by atoms with Gasteiger partial charge in [-0.15, -0.1) is 0 Å². The first-order valence-corrected chi connectivity index (χ1v) is 10.6. The fraction of sp³-hybridized carbons (Fsp3) is 0.107. The number of pyridine rings is 1. The van der Waals surface area contributed by atoms with Crippen molar-refractivity contribution in [2.45, 2.75) is 6.92 Å². The lowest BCUT2D eigenvalue weighted by Gasteiger charge is -2.09. The molecule has 1 N–H and O–H groups in total. The molecule has 0 spiro atoms. The fourth-order valence-corrected chi connectivity index (χ4v) is 3.57.